The van der Waals surface area contributed by atoms with Crippen LogP contribution >= 0.6 is 0 Å². The molecule has 0 amide bonds. The number of rotatable bonds is 10. The smallest absolute Gasteiger partial charge is 0.321 e. The van der Waals surface area contributed by atoms with Crippen molar-refractivity contribution in [3.63, 3.8) is 0 Å². The quantitative estimate of drug-likeness (QED) is 0.374. The number of nitrogens with zero attached hydrogens (tertiary/aromatic N) is 1. The van der Waals surface area contributed by atoms with Crippen molar-refractivity contribution in [1.29, 1.82) is 0 Å². The molecule has 1 aromatic carbocycles. The van der Waals surface area contributed by atoms with Gasteiger partial charge < -0.3 is 19.4 Å². The predicted octanol–water partition coefficient (Wildman–Crippen LogP) is 2.40. The second-order valence-electron chi connectivity index (χ2n) is 6.61. The molecular formula is C22H28N2O5. The summed E-state index contributed by atoms with van der Waals surface area (Å²) in [5.41, 5.74) is 2.88. The van der Waals surface area contributed by atoms with Gasteiger partial charge in [0.1, 0.15) is 0 Å². The van der Waals surface area contributed by atoms with E-state index in [1.807, 2.05) is 42.9 Å². The lowest BCUT2D eigenvalue weighted by Crippen LogP contribution is -2.36. The number of carbonyl (C=O) groups excluding carboxylic acids is 3. The van der Waals surface area contributed by atoms with Gasteiger partial charge in [-0.1, -0.05) is 30.3 Å². The highest BCUT2D eigenvalue weighted by Crippen LogP contribution is 2.20. The van der Waals surface area contributed by atoms with Crippen LogP contribution in [0, 0.1) is 12.8 Å². The second kappa shape index (κ2) is 10.6. The van der Waals surface area contributed by atoms with Crippen LogP contribution in [-0.4, -0.2) is 42.0 Å². The summed E-state index contributed by atoms with van der Waals surface area (Å²) in [6, 6.07) is 9.08. The van der Waals surface area contributed by atoms with Gasteiger partial charge in [0.2, 0.25) is 0 Å². The minimum absolute atomic E-state index is 0.0601. The number of aromatic nitrogens is 1. The van der Waals surface area contributed by atoms with Crippen molar-refractivity contribution < 1.29 is 23.9 Å². The molecule has 0 spiro atoms. The summed E-state index contributed by atoms with van der Waals surface area (Å²) >= 11 is 0. The van der Waals surface area contributed by atoms with Crippen LogP contribution in [0.25, 0.3) is 0 Å². The van der Waals surface area contributed by atoms with Crippen molar-refractivity contribution in [1.82, 2.24) is 9.88 Å². The van der Waals surface area contributed by atoms with Crippen LogP contribution in [0.5, 0.6) is 0 Å². The van der Waals surface area contributed by atoms with Crippen LogP contribution in [0.15, 0.2) is 36.5 Å². The van der Waals surface area contributed by atoms with Crippen LogP contribution in [0.2, 0.25) is 0 Å². The number of hydrogen-bond donors (Lipinski definition) is 1. The average molecular weight is 400 g/mol. The molecule has 1 heterocycles. The van der Waals surface area contributed by atoms with Crippen molar-refractivity contribution in [2.45, 2.75) is 27.3 Å². The summed E-state index contributed by atoms with van der Waals surface area (Å²) in [5.74, 6) is -2.35. The monoisotopic (exact) mass is 400 g/mol. The molecule has 29 heavy (non-hydrogen) atoms. The number of ketones is 1. The van der Waals surface area contributed by atoms with Crippen LogP contribution in [0.1, 0.15) is 41.0 Å². The Morgan fingerprint density at radius 1 is 1.03 bits per heavy atom. The third-order valence-electron chi connectivity index (χ3n) is 4.63. The van der Waals surface area contributed by atoms with E-state index in [-0.39, 0.29) is 25.5 Å². The van der Waals surface area contributed by atoms with E-state index in [1.54, 1.807) is 26.0 Å². The van der Waals surface area contributed by atoms with E-state index < -0.39 is 17.9 Å². The summed E-state index contributed by atoms with van der Waals surface area (Å²) in [6.45, 7) is 6.00. The van der Waals surface area contributed by atoms with E-state index in [0.717, 1.165) is 11.3 Å². The largest absolute Gasteiger partial charge is 0.465 e. The fraction of sp³-hybridized carbons (Fsp3) is 0.409. The molecule has 0 atom stereocenters. The molecule has 2 rings (SSSR count). The normalized spacial score (nSPS) is 10.8. The molecule has 0 aliphatic carbocycles. The molecule has 7 nitrogen and oxygen atoms in total. The molecule has 0 aliphatic heterocycles. The highest BCUT2D eigenvalue weighted by molar-refractivity contribution is 6.10. The van der Waals surface area contributed by atoms with E-state index in [9.17, 15) is 14.4 Å². The first-order valence-corrected chi connectivity index (χ1v) is 9.69. The van der Waals surface area contributed by atoms with E-state index >= 15 is 0 Å². The van der Waals surface area contributed by atoms with E-state index in [4.69, 9.17) is 9.47 Å². The Morgan fingerprint density at radius 3 is 2.17 bits per heavy atom. The van der Waals surface area contributed by atoms with Gasteiger partial charge in [0.25, 0.3) is 0 Å². The zero-order chi connectivity index (χ0) is 21.4. The minimum Gasteiger partial charge on any atom is -0.465 e. The number of nitrogens with one attached hydrogen (secondary N) is 1. The van der Waals surface area contributed by atoms with Crippen molar-refractivity contribution in [2.75, 3.05) is 19.8 Å². The predicted molar refractivity (Wildman–Crippen MR) is 108 cm³/mol. The number of benzene rings is 1. The molecule has 7 heteroatoms. The maximum absolute atomic E-state index is 13.0. The molecule has 1 N–H and O–H groups in total. The Balaban J connectivity index is 2.15. The Bertz CT molecular complexity index is 840. The van der Waals surface area contributed by atoms with Gasteiger partial charge >= 0.3 is 11.9 Å². The Labute approximate surface area is 171 Å². The Kier molecular flexibility index (Phi) is 8.15. The lowest BCUT2D eigenvalue weighted by atomic mass is 10.00. The number of aryl methyl sites for hydroxylation is 1. The standard InChI is InChI=1S/C22H28N2O5/c1-5-28-21(26)18(22(27)29-6-2)13-23-12-17-14-24(4)15(3)19(17)20(25)16-10-8-7-9-11-16/h7-11,14,18,23H,5-6,12-13H2,1-4H3. The van der Waals surface area contributed by atoms with E-state index in [2.05, 4.69) is 5.32 Å². The number of esters is 2. The van der Waals surface area contributed by atoms with Crippen LogP contribution < -0.4 is 5.32 Å². The first kappa shape index (κ1) is 22.4. The first-order chi connectivity index (χ1) is 13.9. The van der Waals surface area contributed by atoms with E-state index in [1.165, 1.54) is 0 Å². The summed E-state index contributed by atoms with van der Waals surface area (Å²) < 4.78 is 11.8. The molecule has 1 aromatic heterocycles. The maximum atomic E-state index is 13.0. The molecule has 0 unspecified atom stereocenters. The van der Waals surface area contributed by atoms with Gasteiger partial charge in [0, 0.05) is 43.2 Å². The average Bonchev–Trinajstić information content (AvgIpc) is 2.99. The third-order valence-corrected chi connectivity index (χ3v) is 4.63. The summed E-state index contributed by atoms with van der Waals surface area (Å²) in [5, 5.41) is 3.10. The summed E-state index contributed by atoms with van der Waals surface area (Å²) in [6.07, 6.45) is 1.88. The Morgan fingerprint density at radius 2 is 1.62 bits per heavy atom. The minimum atomic E-state index is -1.05. The zero-order valence-electron chi connectivity index (χ0n) is 17.4. The first-order valence-electron chi connectivity index (χ1n) is 9.69. The van der Waals surface area contributed by atoms with Crippen LogP contribution in [-0.2, 0) is 32.7 Å². The van der Waals surface area contributed by atoms with Gasteiger partial charge in [-0.05, 0) is 26.3 Å². The molecular weight excluding hydrogens is 372 g/mol. The summed E-state index contributed by atoms with van der Waals surface area (Å²) in [7, 11) is 1.88. The molecule has 2 aromatic rings. The van der Waals surface area contributed by atoms with Gasteiger partial charge in [0.15, 0.2) is 11.7 Å². The molecule has 156 valence electrons. The fourth-order valence-corrected chi connectivity index (χ4v) is 3.08. The number of carbonyl (C=O) groups is 3. The Hall–Kier alpha value is -2.93. The van der Waals surface area contributed by atoms with Gasteiger partial charge in [-0.25, -0.2) is 0 Å². The van der Waals surface area contributed by atoms with Gasteiger partial charge in [0.05, 0.1) is 13.2 Å². The number of ether oxygens (including phenoxy) is 2. The zero-order valence-corrected chi connectivity index (χ0v) is 17.4. The molecule has 0 bridgehead atoms. The van der Waals surface area contributed by atoms with Crippen molar-refractivity contribution in [2.24, 2.45) is 13.0 Å². The lowest BCUT2D eigenvalue weighted by molar-refractivity contribution is -0.161. The van der Waals surface area contributed by atoms with Gasteiger partial charge in [-0.2, -0.15) is 0 Å². The SMILES string of the molecule is CCOC(=O)C(CNCc1cn(C)c(C)c1C(=O)c1ccccc1)C(=O)OCC. The third kappa shape index (κ3) is 5.54. The maximum Gasteiger partial charge on any atom is 0.321 e. The van der Waals surface area contributed by atoms with Gasteiger partial charge in [-0.15, -0.1) is 0 Å². The number of hydrogen-bond acceptors (Lipinski definition) is 6. The van der Waals surface area contributed by atoms with Gasteiger partial charge in [-0.3, -0.25) is 14.4 Å². The topological polar surface area (TPSA) is 86.6 Å². The van der Waals surface area contributed by atoms with Crippen molar-refractivity contribution in [3.05, 3.63) is 58.9 Å². The lowest BCUT2D eigenvalue weighted by Gasteiger charge is -2.15. The molecule has 0 saturated carbocycles. The second-order valence-corrected chi connectivity index (χ2v) is 6.61. The molecule has 0 saturated heterocycles. The summed E-state index contributed by atoms with van der Waals surface area (Å²) in [4.78, 5) is 37.2. The molecule has 0 fully saturated rings. The molecule has 0 radical (unpaired) electrons. The highest BCUT2D eigenvalue weighted by atomic mass is 16.6. The van der Waals surface area contributed by atoms with Crippen molar-refractivity contribution >= 4 is 17.7 Å². The van der Waals surface area contributed by atoms with Crippen LogP contribution in [0.3, 0.4) is 0 Å². The fourth-order valence-electron chi connectivity index (χ4n) is 3.08. The van der Waals surface area contributed by atoms with Crippen LogP contribution in [0.4, 0.5) is 0 Å². The van der Waals surface area contributed by atoms with E-state index in [0.29, 0.717) is 17.7 Å². The molecule has 0 aliphatic rings. The highest BCUT2D eigenvalue weighted by Gasteiger charge is 2.29. The van der Waals surface area contributed by atoms with Crippen molar-refractivity contribution in [3.8, 4) is 0 Å².